The molecule has 1 aliphatic rings. The predicted octanol–water partition coefficient (Wildman–Crippen LogP) is 1.76. The minimum Gasteiger partial charge on any atom is -0.364 e. The molecule has 84 valence electrons. The third kappa shape index (κ3) is 2.61. The van der Waals surface area contributed by atoms with Gasteiger partial charge in [-0.05, 0) is 45.5 Å². The van der Waals surface area contributed by atoms with Crippen molar-refractivity contribution in [3.05, 3.63) is 24.0 Å². The molecule has 2 unspecified atom stereocenters. The highest BCUT2D eigenvalue weighted by Crippen LogP contribution is 2.18. The van der Waals surface area contributed by atoms with Crippen LogP contribution in [0.1, 0.15) is 31.5 Å². The van der Waals surface area contributed by atoms with Crippen LogP contribution in [0.2, 0.25) is 0 Å². The van der Waals surface area contributed by atoms with Crippen molar-refractivity contribution in [3.8, 4) is 0 Å². The molecule has 2 rings (SSSR count). The number of hydrogen-bond acceptors (Lipinski definition) is 2. The van der Waals surface area contributed by atoms with Gasteiger partial charge < -0.3 is 10.3 Å². The number of rotatable bonds is 4. The lowest BCUT2D eigenvalue weighted by molar-refractivity contribution is 0.235. The van der Waals surface area contributed by atoms with Gasteiger partial charge in [-0.3, -0.25) is 4.90 Å². The Labute approximate surface area is 91.9 Å². The summed E-state index contributed by atoms with van der Waals surface area (Å²) in [5.41, 5.74) is 1.30. The first kappa shape index (κ1) is 10.7. The normalized spacial score (nSPS) is 23.5. The first-order valence-electron chi connectivity index (χ1n) is 5.84. The quantitative estimate of drug-likeness (QED) is 0.788. The van der Waals surface area contributed by atoms with Crippen molar-refractivity contribution < 1.29 is 0 Å². The predicted molar refractivity (Wildman–Crippen MR) is 62.9 cm³/mol. The Morgan fingerprint density at radius 3 is 3.07 bits per heavy atom. The first-order chi connectivity index (χ1) is 7.27. The summed E-state index contributed by atoms with van der Waals surface area (Å²) in [7, 11) is 2.20. The maximum absolute atomic E-state index is 3.54. The molecule has 1 aromatic heterocycles. The van der Waals surface area contributed by atoms with Crippen LogP contribution in [0.4, 0.5) is 0 Å². The SMILES string of the molecule is CC(c1ccc[nH]1)N(C)CC1CCCN1. The highest BCUT2D eigenvalue weighted by molar-refractivity contribution is 5.08. The molecule has 0 aliphatic carbocycles. The molecule has 0 spiro atoms. The van der Waals surface area contributed by atoms with Gasteiger partial charge in [-0.2, -0.15) is 0 Å². The molecule has 0 aromatic carbocycles. The minimum absolute atomic E-state index is 0.474. The van der Waals surface area contributed by atoms with Crippen molar-refractivity contribution in [1.29, 1.82) is 0 Å². The summed E-state index contributed by atoms with van der Waals surface area (Å²) >= 11 is 0. The maximum Gasteiger partial charge on any atom is 0.0467 e. The summed E-state index contributed by atoms with van der Waals surface area (Å²) in [6.07, 6.45) is 4.64. The molecular weight excluding hydrogens is 186 g/mol. The van der Waals surface area contributed by atoms with Gasteiger partial charge in [-0.1, -0.05) is 0 Å². The molecule has 2 heterocycles. The van der Waals surface area contributed by atoms with Crippen molar-refractivity contribution in [2.75, 3.05) is 20.1 Å². The van der Waals surface area contributed by atoms with Crippen molar-refractivity contribution in [3.63, 3.8) is 0 Å². The molecule has 0 amide bonds. The van der Waals surface area contributed by atoms with Crippen LogP contribution in [-0.4, -0.2) is 36.1 Å². The second kappa shape index (κ2) is 4.81. The molecule has 1 saturated heterocycles. The topological polar surface area (TPSA) is 31.1 Å². The van der Waals surface area contributed by atoms with Crippen LogP contribution in [0.3, 0.4) is 0 Å². The average molecular weight is 207 g/mol. The Bertz CT molecular complexity index is 275. The van der Waals surface area contributed by atoms with Gasteiger partial charge in [0.15, 0.2) is 0 Å². The van der Waals surface area contributed by atoms with E-state index in [0.717, 1.165) is 6.54 Å². The second-order valence-corrected chi connectivity index (χ2v) is 4.53. The summed E-state index contributed by atoms with van der Waals surface area (Å²) in [6.45, 7) is 4.58. The first-order valence-corrected chi connectivity index (χ1v) is 5.84. The van der Waals surface area contributed by atoms with Gasteiger partial charge in [-0.25, -0.2) is 0 Å². The van der Waals surface area contributed by atoms with E-state index < -0.39 is 0 Å². The highest BCUT2D eigenvalue weighted by atomic mass is 15.2. The molecule has 2 atom stereocenters. The average Bonchev–Trinajstić information content (AvgIpc) is 2.88. The van der Waals surface area contributed by atoms with Gasteiger partial charge in [0, 0.05) is 30.5 Å². The molecule has 15 heavy (non-hydrogen) atoms. The zero-order valence-electron chi connectivity index (χ0n) is 9.66. The van der Waals surface area contributed by atoms with Crippen LogP contribution < -0.4 is 5.32 Å². The molecule has 3 heteroatoms. The fourth-order valence-corrected chi connectivity index (χ4v) is 2.26. The maximum atomic E-state index is 3.54. The minimum atomic E-state index is 0.474. The molecule has 0 bridgehead atoms. The summed E-state index contributed by atoms with van der Waals surface area (Å²) in [5, 5.41) is 3.54. The third-order valence-electron chi connectivity index (χ3n) is 3.40. The summed E-state index contributed by atoms with van der Waals surface area (Å²) in [4.78, 5) is 5.69. The van der Waals surface area contributed by atoms with E-state index >= 15 is 0 Å². The van der Waals surface area contributed by atoms with E-state index in [-0.39, 0.29) is 0 Å². The molecule has 1 aliphatic heterocycles. The van der Waals surface area contributed by atoms with E-state index in [4.69, 9.17) is 0 Å². The van der Waals surface area contributed by atoms with E-state index in [9.17, 15) is 0 Å². The Morgan fingerprint density at radius 2 is 2.47 bits per heavy atom. The van der Waals surface area contributed by atoms with E-state index in [1.54, 1.807) is 0 Å². The zero-order valence-corrected chi connectivity index (χ0v) is 9.66. The van der Waals surface area contributed by atoms with E-state index in [2.05, 4.69) is 41.3 Å². The molecular formula is C12H21N3. The van der Waals surface area contributed by atoms with E-state index in [1.165, 1.54) is 25.1 Å². The number of nitrogens with zero attached hydrogens (tertiary/aromatic N) is 1. The highest BCUT2D eigenvalue weighted by Gasteiger charge is 2.19. The number of nitrogens with one attached hydrogen (secondary N) is 2. The van der Waals surface area contributed by atoms with Gasteiger partial charge >= 0.3 is 0 Å². The van der Waals surface area contributed by atoms with Crippen LogP contribution in [0.5, 0.6) is 0 Å². The summed E-state index contributed by atoms with van der Waals surface area (Å²) < 4.78 is 0. The Kier molecular flexibility index (Phi) is 3.44. The Hall–Kier alpha value is -0.800. The van der Waals surface area contributed by atoms with Crippen molar-refractivity contribution >= 4 is 0 Å². The van der Waals surface area contributed by atoms with Crippen molar-refractivity contribution in [2.24, 2.45) is 0 Å². The van der Waals surface area contributed by atoms with Gasteiger partial charge in [0.05, 0.1) is 0 Å². The van der Waals surface area contributed by atoms with E-state index in [0.29, 0.717) is 12.1 Å². The summed E-state index contributed by atoms with van der Waals surface area (Å²) in [6, 6.07) is 5.38. The number of H-pyrrole nitrogens is 1. The molecule has 1 aromatic rings. The fourth-order valence-electron chi connectivity index (χ4n) is 2.26. The largest absolute Gasteiger partial charge is 0.364 e. The third-order valence-corrected chi connectivity index (χ3v) is 3.40. The lowest BCUT2D eigenvalue weighted by atomic mass is 10.1. The van der Waals surface area contributed by atoms with E-state index in [1.807, 2.05) is 6.20 Å². The van der Waals surface area contributed by atoms with Crippen LogP contribution in [0, 0.1) is 0 Å². The molecule has 1 fully saturated rings. The van der Waals surface area contributed by atoms with Gasteiger partial charge in [0.1, 0.15) is 0 Å². The van der Waals surface area contributed by atoms with Crippen LogP contribution in [0.25, 0.3) is 0 Å². The van der Waals surface area contributed by atoms with Gasteiger partial charge in [0.2, 0.25) is 0 Å². The zero-order chi connectivity index (χ0) is 10.7. The smallest absolute Gasteiger partial charge is 0.0467 e. The summed E-state index contributed by atoms with van der Waals surface area (Å²) in [5.74, 6) is 0. The Balaban J connectivity index is 1.87. The fraction of sp³-hybridized carbons (Fsp3) is 0.667. The number of likely N-dealkylation sites (N-methyl/N-ethyl adjacent to an activating group) is 1. The van der Waals surface area contributed by atoms with Crippen molar-refractivity contribution in [2.45, 2.75) is 31.8 Å². The molecule has 2 N–H and O–H groups in total. The second-order valence-electron chi connectivity index (χ2n) is 4.53. The van der Waals surface area contributed by atoms with Gasteiger partial charge in [0.25, 0.3) is 0 Å². The van der Waals surface area contributed by atoms with Crippen LogP contribution >= 0.6 is 0 Å². The number of aromatic nitrogens is 1. The number of aromatic amines is 1. The standard InChI is InChI=1S/C12H21N3/c1-10(12-6-4-8-14-12)15(2)9-11-5-3-7-13-11/h4,6,8,10-11,13-14H,3,5,7,9H2,1-2H3. The van der Waals surface area contributed by atoms with Gasteiger partial charge in [-0.15, -0.1) is 0 Å². The Morgan fingerprint density at radius 1 is 1.60 bits per heavy atom. The van der Waals surface area contributed by atoms with Crippen LogP contribution in [0.15, 0.2) is 18.3 Å². The monoisotopic (exact) mass is 207 g/mol. The lowest BCUT2D eigenvalue weighted by Gasteiger charge is -2.26. The lowest BCUT2D eigenvalue weighted by Crippen LogP contribution is -2.36. The molecule has 0 saturated carbocycles. The number of hydrogen-bond donors (Lipinski definition) is 2. The van der Waals surface area contributed by atoms with Crippen molar-refractivity contribution in [1.82, 2.24) is 15.2 Å². The molecule has 3 nitrogen and oxygen atoms in total. The molecule has 0 radical (unpaired) electrons. The van der Waals surface area contributed by atoms with Crippen LogP contribution in [-0.2, 0) is 0 Å².